The largest absolute Gasteiger partial charge is 0.337 e. The maximum Gasteiger partial charge on any atom is 0.240 e. The van der Waals surface area contributed by atoms with Crippen molar-refractivity contribution in [3.8, 4) is 0 Å². The van der Waals surface area contributed by atoms with Crippen molar-refractivity contribution in [3.63, 3.8) is 0 Å². The van der Waals surface area contributed by atoms with Gasteiger partial charge in [-0.15, -0.1) is 0 Å². The first-order valence-corrected chi connectivity index (χ1v) is 9.38. The molecule has 4 nitrogen and oxygen atoms in total. The van der Waals surface area contributed by atoms with Crippen LogP contribution in [0.5, 0.6) is 0 Å². The second-order valence-corrected chi connectivity index (χ2v) is 7.69. The van der Waals surface area contributed by atoms with Gasteiger partial charge in [0.05, 0.1) is 15.7 Å². The third-order valence-electron chi connectivity index (χ3n) is 5.21. The van der Waals surface area contributed by atoms with Crippen LogP contribution in [-0.4, -0.2) is 23.3 Å². The molecule has 134 valence electrons. The average molecular weight is 389 g/mol. The van der Waals surface area contributed by atoms with Crippen LogP contribution in [0.4, 0.5) is 5.69 Å². The van der Waals surface area contributed by atoms with E-state index in [9.17, 15) is 9.59 Å². The zero-order chi connectivity index (χ0) is 18.3. The highest BCUT2D eigenvalue weighted by Gasteiger charge is 2.58. The molecule has 0 atom stereocenters. The van der Waals surface area contributed by atoms with Gasteiger partial charge >= 0.3 is 0 Å². The van der Waals surface area contributed by atoms with Crippen LogP contribution in [0, 0.1) is 5.41 Å². The number of halogens is 2. The van der Waals surface area contributed by atoms with E-state index in [0.717, 1.165) is 12.0 Å². The molecule has 1 aliphatic carbocycles. The Bertz CT molecular complexity index is 873. The highest BCUT2D eigenvalue weighted by Crippen LogP contribution is 2.49. The molecule has 2 aromatic carbocycles. The molecule has 0 saturated heterocycles. The normalized spacial score (nSPS) is 17.4. The van der Waals surface area contributed by atoms with Gasteiger partial charge in [-0.25, -0.2) is 0 Å². The molecule has 0 aromatic heterocycles. The van der Waals surface area contributed by atoms with Gasteiger partial charge in [0.15, 0.2) is 0 Å². The van der Waals surface area contributed by atoms with Gasteiger partial charge in [0.1, 0.15) is 5.41 Å². The lowest BCUT2D eigenvalue weighted by Gasteiger charge is -2.31. The summed E-state index contributed by atoms with van der Waals surface area (Å²) in [5.41, 5.74) is 1.80. The molecular formula is C20H18Cl2N2O2. The number of carbonyl (C=O) groups excluding carboxylic acids is 2. The molecule has 1 N–H and O–H groups in total. The first kappa shape index (κ1) is 17.4. The van der Waals surface area contributed by atoms with Crippen molar-refractivity contribution >= 4 is 40.7 Å². The Kier molecular flexibility index (Phi) is 4.41. The van der Waals surface area contributed by atoms with Crippen LogP contribution in [0.15, 0.2) is 42.5 Å². The monoisotopic (exact) mass is 388 g/mol. The van der Waals surface area contributed by atoms with E-state index in [1.165, 1.54) is 5.56 Å². The Hall–Kier alpha value is -2.04. The molecule has 0 unspecified atom stereocenters. The number of para-hydroxylation sites is 1. The van der Waals surface area contributed by atoms with Crippen molar-refractivity contribution in [3.05, 3.63) is 63.6 Å². The molecule has 1 aliphatic heterocycles. The fourth-order valence-electron chi connectivity index (χ4n) is 3.49. The standard InChI is InChI=1S/C20H18Cl2N2O2/c21-15-6-3-7-16(22)17(15)23-18(25)20(9-10-20)19(26)24-11-8-13-4-1-2-5-14(13)12-24/h1-7H,8-12H2,(H,23,25). The van der Waals surface area contributed by atoms with Gasteiger partial charge in [-0.05, 0) is 42.5 Å². The molecule has 6 heteroatoms. The lowest BCUT2D eigenvalue weighted by Crippen LogP contribution is -2.45. The third kappa shape index (κ3) is 2.97. The van der Waals surface area contributed by atoms with E-state index < -0.39 is 5.41 Å². The second-order valence-electron chi connectivity index (χ2n) is 6.88. The van der Waals surface area contributed by atoms with Gasteiger partial charge < -0.3 is 10.2 Å². The van der Waals surface area contributed by atoms with E-state index in [4.69, 9.17) is 23.2 Å². The molecule has 1 heterocycles. The maximum absolute atomic E-state index is 13.1. The highest BCUT2D eigenvalue weighted by atomic mass is 35.5. The van der Waals surface area contributed by atoms with Crippen LogP contribution in [0.3, 0.4) is 0 Å². The highest BCUT2D eigenvalue weighted by molar-refractivity contribution is 6.40. The topological polar surface area (TPSA) is 49.4 Å². The summed E-state index contributed by atoms with van der Waals surface area (Å²) in [5, 5.41) is 3.49. The van der Waals surface area contributed by atoms with Crippen LogP contribution in [-0.2, 0) is 22.6 Å². The number of rotatable bonds is 3. The summed E-state index contributed by atoms with van der Waals surface area (Å²) in [5.74, 6) is -0.427. The molecule has 1 saturated carbocycles. The number of hydrogen-bond acceptors (Lipinski definition) is 2. The third-order valence-corrected chi connectivity index (χ3v) is 5.84. The van der Waals surface area contributed by atoms with Crippen LogP contribution >= 0.6 is 23.2 Å². The summed E-state index contributed by atoms with van der Waals surface area (Å²) in [6.45, 7) is 1.19. The number of nitrogens with zero attached hydrogens (tertiary/aromatic N) is 1. The minimum Gasteiger partial charge on any atom is -0.337 e. The fourth-order valence-corrected chi connectivity index (χ4v) is 3.98. The number of fused-ring (bicyclic) bond motifs is 1. The lowest BCUT2D eigenvalue weighted by atomic mass is 9.97. The van der Waals surface area contributed by atoms with Gasteiger partial charge in [0.2, 0.25) is 11.8 Å². The van der Waals surface area contributed by atoms with Crippen molar-refractivity contribution in [1.82, 2.24) is 4.90 Å². The summed E-state index contributed by atoms with van der Waals surface area (Å²) in [6.07, 6.45) is 1.92. The maximum atomic E-state index is 13.1. The summed E-state index contributed by atoms with van der Waals surface area (Å²) in [7, 11) is 0. The van der Waals surface area contributed by atoms with Crippen molar-refractivity contribution in [2.75, 3.05) is 11.9 Å². The smallest absolute Gasteiger partial charge is 0.240 e. The van der Waals surface area contributed by atoms with Crippen molar-refractivity contribution in [2.45, 2.75) is 25.8 Å². The quantitative estimate of drug-likeness (QED) is 0.796. The van der Waals surface area contributed by atoms with Crippen LogP contribution in [0.1, 0.15) is 24.0 Å². The van der Waals surface area contributed by atoms with Crippen LogP contribution in [0.2, 0.25) is 10.0 Å². The van der Waals surface area contributed by atoms with Crippen molar-refractivity contribution in [2.24, 2.45) is 5.41 Å². The minimum atomic E-state index is -0.991. The Labute approximate surface area is 162 Å². The van der Waals surface area contributed by atoms with E-state index >= 15 is 0 Å². The molecule has 26 heavy (non-hydrogen) atoms. The summed E-state index contributed by atoms with van der Waals surface area (Å²) in [6, 6.07) is 13.2. The van der Waals surface area contributed by atoms with E-state index in [2.05, 4.69) is 11.4 Å². The van der Waals surface area contributed by atoms with E-state index in [0.29, 0.717) is 41.7 Å². The summed E-state index contributed by atoms with van der Waals surface area (Å²) >= 11 is 12.3. The van der Waals surface area contributed by atoms with Gasteiger partial charge in [-0.2, -0.15) is 0 Å². The number of hydrogen-bond donors (Lipinski definition) is 1. The molecule has 2 amide bonds. The lowest BCUT2D eigenvalue weighted by molar-refractivity contribution is -0.143. The Morgan fingerprint density at radius 1 is 0.962 bits per heavy atom. The molecule has 4 rings (SSSR count). The van der Waals surface area contributed by atoms with Gasteiger partial charge in [0.25, 0.3) is 0 Å². The Morgan fingerprint density at radius 3 is 2.27 bits per heavy atom. The zero-order valence-electron chi connectivity index (χ0n) is 14.1. The van der Waals surface area contributed by atoms with Gasteiger partial charge in [-0.1, -0.05) is 53.5 Å². The number of nitrogens with one attached hydrogen (secondary N) is 1. The van der Waals surface area contributed by atoms with E-state index in [1.54, 1.807) is 23.1 Å². The Balaban J connectivity index is 1.52. The second kappa shape index (κ2) is 6.60. The van der Waals surface area contributed by atoms with Crippen molar-refractivity contribution < 1.29 is 9.59 Å². The number of carbonyl (C=O) groups is 2. The van der Waals surface area contributed by atoms with Crippen LogP contribution in [0.25, 0.3) is 0 Å². The van der Waals surface area contributed by atoms with E-state index in [-0.39, 0.29) is 11.8 Å². The fraction of sp³-hybridized carbons (Fsp3) is 0.300. The molecule has 0 bridgehead atoms. The molecule has 0 spiro atoms. The molecule has 2 aliphatic rings. The SMILES string of the molecule is O=C(Nc1c(Cl)cccc1Cl)C1(C(=O)N2CCc3ccccc3C2)CC1. The molecule has 2 aromatic rings. The predicted molar refractivity (Wildman–Crippen MR) is 102 cm³/mol. The molecular weight excluding hydrogens is 371 g/mol. The first-order valence-electron chi connectivity index (χ1n) is 8.63. The zero-order valence-corrected chi connectivity index (χ0v) is 15.6. The van der Waals surface area contributed by atoms with Gasteiger partial charge in [0, 0.05) is 13.1 Å². The summed E-state index contributed by atoms with van der Waals surface area (Å²) < 4.78 is 0. The number of anilines is 1. The van der Waals surface area contributed by atoms with Crippen LogP contribution < -0.4 is 5.32 Å². The first-order chi connectivity index (χ1) is 12.5. The minimum absolute atomic E-state index is 0.104. The molecule has 1 fully saturated rings. The number of benzene rings is 2. The Morgan fingerprint density at radius 2 is 1.62 bits per heavy atom. The van der Waals surface area contributed by atoms with Crippen molar-refractivity contribution in [1.29, 1.82) is 0 Å². The summed E-state index contributed by atoms with van der Waals surface area (Å²) in [4.78, 5) is 27.7. The molecule has 0 radical (unpaired) electrons. The van der Waals surface area contributed by atoms with Gasteiger partial charge in [-0.3, -0.25) is 9.59 Å². The van der Waals surface area contributed by atoms with E-state index in [1.807, 2.05) is 18.2 Å². The number of amides is 2. The average Bonchev–Trinajstić information content (AvgIpc) is 3.46. The predicted octanol–water partition coefficient (Wildman–Crippen LogP) is 4.30.